The molecule has 1 fully saturated rings. The topological polar surface area (TPSA) is 92.3 Å². The van der Waals surface area contributed by atoms with Crippen LogP contribution in [0.3, 0.4) is 0 Å². The van der Waals surface area contributed by atoms with E-state index in [9.17, 15) is 26.4 Å². The summed E-state index contributed by atoms with van der Waals surface area (Å²) in [5.74, 6) is -1.02. The van der Waals surface area contributed by atoms with Gasteiger partial charge in [0.1, 0.15) is 0 Å². The van der Waals surface area contributed by atoms with Crippen molar-refractivity contribution in [2.24, 2.45) is 5.92 Å². The fourth-order valence-corrected chi connectivity index (χ4v) is 4.66. The summed E-state index contributed by atoms with van der Waals surface area (Å²) >= 11 is 0. The van der Waals surface area contributed by atoms with E-state index in [2.05, 4.69) is 15.3 Å². The predicted molar refractivity (Wildman–Crippen MR) is 99.0 cm³/mol. The number of hydrogen-bond acceptors (Lipinski definition) is 5. The Morgan fingerprint density at radius 2 is 1.79 bits per heavy atom. The molecule has 1 aliphatic rings. The van der Waals surface area contributed by atoms with E-state index >= 15 is 0 Å². The second kappa shape index (κ2) is 8.46. The van der Waals surface area contributed by atoms with Crippen LogP contribution in [0.15, 0.2) is 42.7 Å². The molecule has 11 heteroatoms. The minimum Gasteiger partial charge on any atom is -0.294 e. The molecule has 0 unspecified atom stereocenters. The average molecular weight is 428 g/mol. The number of nitrogens with zero attached hydrogens (tertiary/aromatic N) is 3. The van der Waals surface area contributed by atoms with Gasteiger partial charge in [-0.1, -0.05) is 18.2 Å². The van der Waals surface area contributed by atoms with Crippen molar-refractivity contribution >= 4 is 21.9 Å². The van der Waals surface area contributed by atoms with Crippen molar-refractivity contribution in [1.82, 2.24) is 14.3 Å². The van der Waals surface area contributed by atoms with Gasteiger partial charge in [-0.15, -0.1) is 0 Å². The lowest BCUT2D eigenvalue weighted by molar-refractivity contribution is -0.137. The summed E-state index contributed by atoms with van der Waals surface area (Å²) in [5.41, 5.74) is -0.815. The molecule has 0 saturated carbocycles. The van der Waals surface area contributed by atoms with Crippen LogP contribution in [0.2, 0.25) is 0 Å². The Balaban J connectivity index is 1.59. The summed E-state index contributed by atoms with van der Waals surface area (Å²) in [7, 11) is -3.80. The number of hydrogen-bond donors (Lipinski definition) is 1. The van der Waals surface area contributed by atoms with E-state index in [4.69, 9.17) is 0 Å². The van der Waals surface area contributed by atoms with E-state index in [1.807, 2.05) is 0 Å². The van der Waals surface area contributed by atoms with E-state index in [1.165, 1.54) is 28.8 Å². The largest absolute Gasteiger partial charge is 0.416 e. The van der Waals surface area contributed by atoms with Crippen molar-refractivity contribution in [2.75, 3.05) is 18.4 Å². The van der Waals surface area contributed by atoms with Gasteiger partial charge in [-0.05, 0) is 30.5 Å². The number of carbonyl (C=O) groups excluding carboxylic acids is 1. The van der Waals surface area contributed by atoms with E-state index in [-0.39, 0.29) is 36.4 Å². The third kappa shape index (κ3) is 5.51. The molecule has 1 aromatic heterocycles. The van der Waals surface area contributed by atoms with Crippen LogP contribution in [0.1, 0.15) is 24.0 Å². The zero-order valence-corrected chi connectivity index (χ0v) is 16.1. The molecule has 1 saturated heterocycles. The van der Waals surface area contributed by atoms with Gasteiger partial charge in [0.2, 0.25) is 21.9 Å². The molecule has 0 atom stereocenters. The first-order chi connectivity index (χ1) is 13.6. The first kappa shape index (κ1) is 21.2. The maximum Gasteiger partial charge on any atom is 0.416 e. The average Bonchev–Trinajstić information content (AvgIpc) is 2.68. The molecule has 0 aliphatic carbocycles. The Morgan fingerprint density at radius 3 is 2.41 bits per heavy atom. The molecule has 3 rings (SSSR count). The monoisotopic (exact) mass is 428 g/mol. The summed E-state index contributed by atoms with van der Waals surface area (Å²) in [5, 5.41) is 2.59. The van der Waals surface area contributed by atoms with Crippen molar-refractivity contribution in [3.63, 3.8) is 0 Å². The van der Waals surface area contributed by atoms with Crippen molar-refractivity contribution < 1.29 is 26.4 Å². The highest BCUT2D eigenvalue weighted by Gasteiger charge is 2.33. The van der Waals surface area contributed by atoms with Gasteiger partial charge in [0.15, 0.2) is 0 Å². The standard InChI is InChI=1S/C18H19F3N4O3S/c19-18(20,21)15-4-1-3-13(11-15)12-29(27,28)25-9-5-14(6-10-25)16(26)24-17-22-7-2-8-23-17/h1-4,7-8,11,14H,5-6,9-10,12H2,(H,22,23,24,26). The van der Waals surface area contributed by atoms with Crippen LogP contribution in [0.5, 0.6) is 0 Å². The molecule has 0 bridgehead atoms. The van der Waals surface area contributed by atoms with E-state index in [0.29, 0.717) is 12.8 Å². The quantitative estimate of drug-likeness (QED) is 0.791. The lowest BCUT2D eigenvalue weighted by Crippen LogP contribution is -2.42. The van der Waals surface area contributed by atoms with Gasteiger partial charge in [-0.25, -0.2) is 22.7 Å². The summed E-state index contributed by atoms with van der Waals surface area (Å²) in [4.78, 5) is 20.1. The Kier molecular flexibility index (Phi) is 6.18. The van der Waals surface area contributed by atoms with Crippen LogP contribution in [-0.4, -0.2) is 41.7 Å². The maximum atomic E-state index is 12.8. The number of amides is 1. The minimum absolute atomic E-state index is 0.0703. The Labute approximate surface area is 166 Å². The molecular formula is C18H19F3N4O3S. The first-order valence-corrected chi connectivity index (χ1v) is 10.5. The Bertz CT molecular complexity index is 960. The van der Waals surface area contributed by atoms with Crippen LogP contribution in [0.4, 0.5) is 19.1 Å². The van der Waals surface area contributed by atoms with Gasteiger partial charge >= 0.3 is 6.18 Å². The molecule has 1 amide bonds. The molecule has 1 aromatic carbocycles. The summed E-state index contributed by atoms with van der Waals surface area (Å²) < 4.78 is 64.9. The van der Waals surface area contributed by atoms with Crippen LogP contribution in [-0.2, 0) is 26.7 Å². The van der Waals surface area contributed by atoms with Gasteiger partial charge in [-0.3, -0.25) is 10.1 Å². The molecule has 0 radical (unpaired) electrons. The number of benzene rings is 1. The van der Waals surface area contributed by atoms with Crippen molar-refractivity contribution in [3.8, 4) is 0 Å². The fraction of sp³-hybridized carbons (Fsp3) is 0.389. The lowest BCUT2D eigenvalue weighted by atomic mass is 9.97. The first-order valence-electron chi connectivity index (χ1n) is 8.87. The number of anilines is 1. The number of rotatable bonds is 5. The molecule has 29 heavy (non-hydrogen) atoms. The van der Waals surface area contributed by atoms with Crippen LogP contribution in [0, 0.1) is 5.92 Å². The van der Waals surface area contributed by atoms with Gasteiger partial charge in [0.25, 0.3) is 0 Å². The second-order valence-corrected chi connectivity index (χ2v) is 8.66. The fourth-order valence-electron chi connectivity index (χ4n) is 3.11. The van der Waals surface area contributed by atoms with Gasteiger partial charge in [-0.2, -0.15) is 13.2 Å². The summed E-state index contributed by atoms with van der Waals surface area (Å²) in [6, 6.07) is 5.90. The van der Waals surface area contributed by atoms with Crippen LogP contribution < -0.4 is 5.32 Å². The van der Waals surface area contributed by atoms with Crippen molar-refractivity contribution in [3.05, 3.63) is 53.9 Å². The molecule has 2 aromatic rings. The molecule has 7 nitrogen and oxygen atoms in total. The number of alkyl halides is 3. The smallest absolute Gasteiger partial charge is 0.294 e. The number of halogens is 3. The SMILES string of the molecule is O=C(Nc1ncccn1)C1CCN(S(=O)(=O)Cc2cccc(C(F)(F)F)c2)CC1. The summed E-state index contributed by atoms with van der Waals surface area (Å²) in [6.07, 6.45) is -0.938. The minimum atomic E-state index is -4.53. The Hall–Kier alpha value is -2.53. The van der Waals surface area contributed by atoms with E-state index in [0.717, 1.165) is 12.1 Å². The summed E-state index contributed by atoms with van der Waals surface area (Å²) in [6.45, 7) is 0.240. The number of aromatic nitrogens is 2. The maximum absolute atomic E-state index is 12.8. The van der Waals surface area contributed by atoms with Gasteiger partial charge in [0, 0.05) is 31.4 Å². The molecular weight excluding hydrogens is 409 g/mol. The molecule has 1 N–H and O–H groups in total. The number of sulfonamides is 1. The molecule has 156 valence electrons. The predicted octanol–water partition coefficient (Wildman–Crippen LogP) is 2.68. The van der Waals surface area contributed by atoms with E-state index in [1.54, 1.807) is 6.07 Å². The van der Waals surface area contributed by atoms with E-state index < -0.39 is 27.5 Å². The third-order valence-electron chi connectivity index (χ3n) is 4.62. The molecule has 1 aliphatic heterocycles. The number of nitrogens with one attached hydrogen (secondary N) is 1. The second-order valence-electron chi connectivity index (χ2n) is 6.69. The zero-order chi connectivity index (χ0) is 21.1. The van der Waals surface area contributed by atoms with Gasteiger partial charge in [0.05, 0.1) is 11.3 Å². The zero-order valence-electron chi connectivity index (χ0n) is 15.3. The number of piperidine rings is 1. The normalized spacial score (nSPS) is 16.5. The highest BCUT2D eigenvalue weighted by atomic mass is 32.2. The lowest BCUT2D eigenvalue weighted by Gasteiger charge is -2.30. The third-order valence-corrected chi connectivity index (χ3v) is 6.47. The van der Waals surface area contributed by atoms with Gasteiger partial charge < -0.3 is 0 Å². The molecule has 2 heterocycles. The van der Waals surface area contributed by atoms with Crippen LogP contribution >= 0.6 is 0 Å². The number of carbonyl (C=O) groups is 1. The van der Waals surface area contributed by atoms with Crippen LogP contribution in [0.25, 0.3) is 0 Å². The Morgan fingerprint density at radius 1 is 1.14 bits per heavy atom. The highest BCUT2D eigenvalue weighted by Crippen LogP contribution is 2.30. The van der Waals surface area contributed by atoms with Crippen molar-refractivity contribution in [1.29, 1.82) is 0 Å². The highest BCUT2D eigenvalue weighted by molar-refractivity contribution is 7.88. The van der Waals surface area contributed by atoms with Crippen molar-refractivity contribution in [2.45, 2.75) is 24.8 Å². The molecule has 0 spiro atoms.